The lowest BCUT2D eigenvalue weighted by Gasteiger charge is -2.55. The molecule has 8 aromatic rings. The van der Waals surface area contributed by atoms with E-state index in [1.165, 1.54) is 44.2 Å². The molecular formula is C43H22Cl2N2O. The van der Waals surface area contributed by atoms with Gasteiger partial charge in [0.2, 0.25) is 0 Å². The predicted molar refractivity (Wildman–Crippen MR) is 193 cm³/mol. The molecule has 0 N–H and O–H groups in total. The van der Waals surface area contributed by atoms with Crippen LogP contribution in [0, 0.1) is 11.3 Å². The number of nitrogens with zero attached hydrogens (tertiary/aromatic N) is 2. The Labute approximate surface area is 285 Å². The van der Waals surface area contributed by atoms with Crippen LogP contribution in [0.1, 0.15) is 50.4 Å². The van der Waals surface area contributed by atoms with Crippen molar-refractivity contribution in [1.82, 2.24) is 0 Å². The summed E-state index contributed by atoms with van der Waals surface area (Å²) in [5, 5.41) is 15.3. The van der Waals surface area contributed by atoms with Crippen LogP contribution in [0.3, 0.4) is 0 Å². The molecule has 5 heteroatoms. The Morgan fingerprint density at radius 1 is 0.625 bits per heavy atom. The molecule has 0 saturated carbocycles. The lowest BCUT2D eigenvalue weighted by Crippen LogP contribution is -2.46. The van der Waals surface area contributed by atoms with Gasteiger partial charge in [-0.15, -0.1) is 0 Å². The van der Waals surface area contributed by atoms with E-state index in [1.54, 1.807) is 12.1 Å². The van der Waals surface area contributed by atoms with Crippen LogP contribution in [0.4, 0.5) is 17.1 Å². The van der Waals surface area contributed by atoms with Gasteiger partial charge in [-0.25, -0.2) is 0 Å². The number of halogens is 2. The third kappa shape index (κ3) is 3.02. The average molecular weight is 654 g/mol. The molecule has 0 fully saturated rings. The third-order valence-corrected chi connectivity index (χ3v) is 11.5. The van der Waals surface area contributed by atoms with Gasteiger partial charge in [0.1, 0.15) is 17.2 Å². The molecule has 0 radical (unpaired) electrons. The second kappa shape index (κ2) is 9.08. The highest BCUT2D eigenvalue weighted by Crippen LogP contribution is 2.69. The third-order valence-electron chi connectivity index (χ3n) is 10.9. The Bertz CT molecular complexity index is 2810. The van der Waals surface area contributed by atoms with Crippen LogP contribution in [0.2, 0.25) is 10.0 Å². The van der Waals surface area contributed by atoms with Crippen molar-refractivity contribution in [2.24, 2.45) is 0 Å². The molecule has 224 valence electrons. The van der Waals surface area contributed by atoms with Crippen molar-refractivity contribution in [2.75, 3.05) is 4.90 Å². The zero-order valence-corrected chi connectivity index (χ0v) is 26.8. The molecule has 2 unspecified atom stereocenters. The molecule has 3 aliphatic carbocycles. The summed E-state index contributed by atoms with van der Waals surface area (Å²) in [7, 11) is 0. The molecule has 12 rings (SSSR count). The molecule has 1 aromatic heterocycles. The highest BCUT2D eigenvalue weighted by molar-refractivity contribution is 6.40. The number of hydrogen-bond acceptors (Lipinski definition) is 3. The molecule has 2 atom stereocenters. The number of para-hydroxylation sites is 1. The van der Waals surface area contributed by atoms with Crippen LogP contribution in [0.5, 0.6) is 0 Å². The minimum absolute atomic E-state index is 0.0485. The first-order valence-corrected chi connectivity index (χ1v) is 16.7. The van der Waals surface area contributed by atoms with E-state index in [-0.39, 0.29) is 5.92 Å². The van der Waals surface area contributed by atoms with Gasteiger partial charge in [0.25, 0.3) is 0 Å². The van der Waals surface area contributed by atoms with Gasteiger partial charge in [0, 0.05) is 16.7 Å². The summed E-state index contributed by atoms with van der Waals surface area (Å²) in [4.78, 5) is 2.19. The van der Waals surface area contributed by atoms with E-state index in [2.05, 4.69) is 108 Å². The maximum atomic E-state index is 10.1. The van der Waals surface area contributed by atoms with Crippen LogP contribution in [-0.2, 0) is 5.41 Å². The number of hydrogen-bond donors (Lipinski definition) is 0. The van der Waals surface area contributed by atoms with E-state index in [4.69, 9.17) is 27.6 Å². The number of benzene rings is 7. The average Bonchev–Trinajstić information content (AvgIpc) is 3.49. The monoisotopic (exact) mass is 652 g/mol. The van der Waals surface area contributed by atoms with Crippen LogP contribution < -0.4 is 4.90 Å². The molecule has 7 aromatic carbocycles. The van der Waals surface area contributed by atoms with Crippen LogP contribution >= 0.6 is 23.2 Å². The van der Waals surface area contributed by atoms with Crippen molar-refractivity contribution in [3.63, 3.8) is 0 Å². The fraction of sp³-hybridized carbons (Fsp3) is 0.0465. The van der Waals surface area contributed by atoms with E-state index < -0.39 is 5.41 Å². The van der Waals surface area contributed by atoms with E-state index in [9.17, 15) is 5.26 Å². The highest BCUT2D eigenvalue weighted by atomic mass is 35.5. The van der Waals surface area contributed by atoms with E-state index in [0.717, 1.165) is 38.9 Å². The largest absolute Gasteiger partial charge is 0.456 e. The SMILES string of the molecule is N#Cc1ccc(Cl)c(N2c3cc4c(cc3C35c6ccccc6C(c6cc7ccccc7cc63)c3cccc2c35)oc2ccccc24)c1Cl. The topological polar surface area (TPSA) is 40.2 Å². The minimum Gasteiger partial charge on any atom is -0.456 e. The Hall–Kier alpha value is -5.53. The number of anilines is 3. The zero-order valence-electron chi connectivity index (χ0n) is 25.3. The summed E-state index contributed by atoms with van der Waals surface area (Å²) >= 11 is 14.2. The number of nitriles is 1. The van der Waals surface area contributed by atoms with Crippen molar-refractivity contribution in [1.29, 1.82) is 5.26 Å². The molecule has 0 amide bonds. The second-order valence-electron chi connectivity index (χ2n) is 13.0. The molecule has 48 heavy (non-hydrogen) atoms. The lowest BCUT2D eigenvalue weighted by molar-refractivity contribution is 0.620. The summed E-state index contributed by atoms with van der Waals surface area (Å²) in [5.41, 5.74) is 12.7. The molecule has 1 aliphatic heterocycles. The molecular weight excluding hydrogens is 631 g/mol. The predicted octanol–water partition coefficient (Wildman–Crippen LogP) is 11.9. The van der Waals surface area contributed by atoms with Gasteiger partial charge in [0.15, 0.2) is 0 Å². The fourth-order valence-corrected chi connectivity index (χ4v) is 9.68. The number of fused-ring (bicyclic) bond motifs is 5. The maximum absolute atomic E-state index is 10.1. The molecule has 2 heterocycles. The molecule has 0 saturated heterocycles. The van der Waals surface area contributed by atoms with Gasteiger partial charge in [-0.05, 0) is 98.2 Å². The first kappa shape index (κ1) is 26.5. The van der Waals surface area contributed by atoms with E-state index >= 15 is 0 Å². The Morgan fingerprint density at radius 2 is 1.40 bits per heavy atom. The van der Waals surface area contributed by atoms with E-state index in [0.29, 0.717) is 21.3 Å². The van der Waals surface area contributed by atoms with Crippen LogP contribution in [0.15, 0.2) is 132 Å². The van der Waals surface area contributed by atoms with Gasteiger partial charge < -0.3 is 9.32 Å². The zero-order chi connectivity index (χ0) is 31.9. The summed E-state index contributed by atoms with van der Waals surface area (Å²) in [6.45, 7) is 0. The first-order chi connectivity index (χ1) is 23.6. The summed E-state index contributed by atoms with van der Waals surface area (Å²) < 4.78 is 6.61. The van der Waals surface area contributed by atoms with Crippen molar-refractivity contribution < 1.29 is 4.42 Å². The smallest absolute Gasteiger partial charge is 0.135 e. The van der Waals surface area contributed by atoms with Crippen molar-refractivity contribution >= 4 is 73.0 Å². The van der Waals surface area contributed by atoms with Crippen molar-refractivity contribution in [3.8, 4) is 6.07 Å². The quantitative estimate of drug-likeness (QED) is 0.177. The van der Waals surface area contributed by atoms with Gasteiger partial charge in [0.05, 0.1) is 38.1 Å². The summed E-state index contributed by atoms with van der Waals surface area (Å²) in [6.07, 6.45) is 0. The van der Waals surface area contributed by atoms with Gasteiger partial charge >= 0.3 is 0 Å². The molecule has 3 nitrogen and oxygen atoms in total. The van der Waals surface area contributed by atoms with Crippen molar-refractivity contribution in [2.45, 2.75) is 11.3 Å². The van der Waals surface area contributed by atoms with Gasteiger partial charge in [-0.3, -0.25) is 0 Å². The van der Waals surface area contributed by atoms with E-state index in [1.807, 2.05) is 18.2 Å². The van der Waals surface area contributed by atoms with Crippen LogP contribution in [0.25, 0.3) is 32.7 Å². The summed E-state index contributed by atoms with van der Waals surface area (Å²) in [5.74, 6) is 0.0485. The van der Waals surface area contributed by atoms with Crippen molar-refractivity contribution in [3.05, 3.63) is 182 Å². The standard InChI is InChI=1S/C43H22Cl2N2O/c44-34-17-16-25(22-46)41(45)42(34)47-35-14-7-12-28-39-27-11-3-5-13-31(27)43(40(28)35,32-19-24-9-2-1-8-23(24)18-30(32)39)33-21-38-29(20-36(33)47)26-10-4-6-15-37(26)48-38/h1-21,39H. The van der Waals surface area contributed by atoms with Gasteiger partial charge in [-0.1, -0.05) is 102 Å². The first-order valence-electron chi connectivity index (χ1n) is 16.0. The molecule has 2 bridgehead atoms. The normalized spacial score (nSPS) is 18.0. The Morgan fingerprint density at radius 3 is 2.27 bits per heavy atom. The van der Waals surface area contributed by atoms with Crippen LogP contribution in [-0.4, -0.2) is 0 Å². The summed E-state index contributed by atoms with van der Waals surface area (Å²) in [6, 6.07) is 47.4. The number of rotatable bonds is 1. The highest BCUT2D eigenvalue weighted by Gasteiger charge is 2.57. The number of furan rings is 1. The fourth-order valence-electron chi connectivity index (χ4n) is 9.09. The molecule has 4 aliphatic rings. The minimum atomic E-state index is -0.651. The Kier molecular flexibility index (Phi) is 5.02. The maximum Gasteiger partial charge on any atom is 0.135 e. The second-order valence-corrected chi connectivity index (χ2v) is 13.8. The Balaban J connectivity index is 1.38. The lowest BCUT2D eigenvalue weighted by atomic mass is 9.49. The molecule has 1 spiro atoms. The van der Waals surface area contributed by atoms with Gasteiger partial charge in [-0.2, -0.15) is 5.26 Å².